The van der Waals surface area contributed by atoms with Gasteiger partial charge in [-0.25, -0.2) is 4.37 Å². The van der Waals surface area contributed by atoms with Crippen LogP contribution >= 0.6 is 38.8 Å². The molecule has 0 aliphatic heterocycles. The minimum absolute atomic E-state index is 0.0225. The van der Waals surface area contributed by atoms with Crippen molar-refractivity contribution in [3.63, 3.8) is 0 Å². The first-order valence-electron chi connectivity index (χ1n) is 5.10. The Hall–Kier alpha value is -0.720. The molecule has 0 bridgehead atoms. The minimum Gasteiger partial charge on any atom is -0.352 e. The van der Waals surface area contributed by atoms with Crippen molar-refractivity contribution in [3.05, 3.63) is 37.4 Å². The van der Waals surface area contributed by atoms with E-state index in [1.807, 2.05) is 19.1 Å². The van der Waals surface area contributed by atoms with Gasteiger partial charge in [0.2, 0.25) is 0 Å². The Morgan fingerprint density at radius 3 is 3.00 bits per heavy atom. The molecule has 2 aromatic heterocycles. The lowest BCUT2D eigenvalue weighted by molar-refractivity contribution is 0.0954. The van der Waals surface area contributed by atoms with Crippen molar-refractivity contribution in [3.8, 4) is 0 Å². The van der Waals surface area contributed by atoms with Crippen molar-refractivity contribution in [1.82, 2.24) is 9.69 Å². The summed E-state index contributed by atoms with van der Waals surface area (Å²) in [7, 11) is 0. The molecule has 0 saturated carbocycles. The first kappa shape index (κ1) is 12.7. The molecule has 0 fully saturated rings. The second-order valence-electron chi connectivity index (χ2n) is 3.53. The van der Waals surface area contributed by atoms with Gasteiger partial charge >= 0.3 is 0 Å². The molecule has 0 aliphatic carbocycles. The van der Waals surface area contributed by atoms with E-state index in [-0.39, 0.29) is 5.91 Å². The van der Waals surface area contributed by atoms with Gasteiger partial charge in [-0.2, -0.15) is 0 Å². The van der Waals surface area contributed by atoms with Crippen molar-refractivity contribution in [1.29, 1.82) is 0 Å². The number of aromatic nitrogens is 1. The van der Waals surface area contributed by atoms with Gasteiger partial charge in [-0.3, -0.25) is 4.79 Å². The number of halogens is 1. The average Bonchev–Trinajstić information content (AvgIpc) is 2.88. The van der Waals surface area contributed by atoms with Crippen LogP contribution in [0.1, 0.15) is 20.1 Å². The molecular weight excluding hydrogens is 320 g/mol. The number of carbonyl (C=O) groups is 1. The second-order valence-corrected chi connectivity index (χ2v) is 7.02. The quantitative estimate of drug-likeness (QED) is 0.934. The monoisotopic (exact) mass is 330 g/mol. The van der Waals surface area contributed by atoms with Crippen LogP contribution < -0.4 is 5.32 Å². The van der Waals surface area contributed by atoms with Gasteiger partial charge in [-0.05, 0) is 46.5 Å². The SMILES string of the molecule is Cc1cc(C(=O)NCCc2ccns2)c(Br)s1. The molecule has 6 heteroatoms. The van der Waals surface area contributed by atoms with E-state index in [2.05, 4.69) is 25.6 Å². The zero-order chi connectivity index (χ0) is 12.3. The summed E-state index contributed by atoms with van der Waals surface area (Å²) in [6.45, 7) is 2.63. The van der Waals surface area contributed by atoms with E-state index in [1.165, 1.54) is 16.4 Å². The third-order valence-corrected chi connectivity index (χ3v) is 4.76. The fourth-order valence-electron chi connectivity index (χ4n) is 1.41. The van der Waals surface area contributed by atoms with E-state index in [1.54, 1.807) is 17.5 Å². The molecule has 17 heavy (non-hydrogen) atoms. The second kappa shape index (κ2) is 5.75. The molecule has 1 N–H and O–H groups in total. The van der Waals surface area contributed by atoms with Gasteiger partial charge in [-0.1, -0.05) is 0 Å². The molecule has 3 nitrogen and oxygen atoms in total. The summed E-state index contributed by atoms with van der Waals surface area (Å²) in [6.07, 6.45) is 2.61. The number of amides is 1. The highest BCUT2D eigenvalue weighted by atomic mass is 79.9. The summed E-state index contributed by atoms with van der Waals surface area (Å²) in [5.74, 6) is -0.0225. The molecular formula is C11H11BrN2OS2. The summed E-state index contributed by atoms with van der Waals surface area (Å²) in [4.78, 5) is 14.2. The molecule has 1 amide bonds. The van der Waals surface area contributed by atoms with Crippen LogP contribution in [0.2, 0.25) is 0 Å². The van der Waals surface area contributed by atoms with Crippen LogP contribution in [0.25, 0.3) is 0 Å². The molecule has 0 aromatic carbocycles. The highest BCUT2D eigenvalue weighted by Crippen LogP contribution is 2.27. The maximum Gasteiger partial charge on any atom is 0.253 e. The lowest BCUT2D eigenvalue weighted by Gasteiger charge is -2.02. The number of thiophene rings is 1. The van der Waals surface area contributed by atoms with Crippen molar-refractivity contribution in [2.24, 2.45) is 0 Å². The first-order valence-corrected chi connectivity index (χ1v) is 7.49. The normalized spacial score (nSPS) is 10.5. The van der Waals surface area contributed by atoms with Crippen LogP contribution in [0, 0.1) is 6.92 Å². The van der Waals surface area contributed by atoms with Crippen molar-refractivity contribution in [2.45, 2.75) is 13.3 Å². The van der Waals surface area contributed by atoms with Gasteiger partial charge in [0.25, 0.3) is 5.91 Å². The number of nitrogens with one attached hydrogen (secondary N) is 1. The third-order valence-electron chi connectivity index (χ3n) is 2.20. The van der Waals surface area contributed by atoms with Crippen molar-refractivity contribution >= 4 is 44.7 Å². The van der Waals surface area contributed by atoms with E-state index in [9.17, 15) is 4.79 Å². The molecule has 2 aromatic rings. The Balaban J connectivity index is 1.87. The van der Waals surface area contributed by atoms with Crippen LogP contribution in [0.5, 0.6) is 0 Å². The fraction of sp³-hybridized carbons (Fsp3) is 0.273. The van der Waals surface area contributed by atoms with E-state index in [4.69, 9.17) is 0 Å². The third kappa shape index (κ3) is 3.37. The average molecular weight is 331 g/mol. The molecule has 0 aliphatic rings. The number of rotatable bonds is 4. The van der Waals surface area contributed by atoms with Crippen molar-refractivity contribution < 1.29 is 4.79 Å². The summed E-state index contributed by atoms with van der Waals surface area (Å²) in [6, 6.07) is 3.87. The summed E-state index contributed by atoms with van der Waals surface area (Å²) in [5.41, 5.74) is 0.719. The maximum atomic E-state index is 11.9. The predicted octanol–water partition coefficient (Wildman–Crippen LogP) is 3.25. The number of carbonyl (C=O) groups excluding carboxylic acids is 1. The van der Waals surface area contributed by atoms with E-state index >= 15 is 0 Å². The Kier molecular flexibility index (Phi) is 4.31. The van der Waals surface area contributed by atoms with Gasteiger partial charge in [0.1, 0.15) is 0 Å². The van der Waals surface area contributed by atoms with Crippen LogP contribution in [0.15, 0.2) is 22.1 Å². The Morgan fingerprint density at radius 1 is 1.59 bits per heavy atom. The van der Waals surface area contributed by atoms with Gasteiger partial charge < -0.3 is 5.32 Å². The number of hydrogen-bond donors (Lipinski definition) is 1. The highest BCUT2D eigenvalue weighted by Gasteiger charge is 2.12. The minimum atomic E-state index is -0.0225. The van der Waals surface area contributed by atoms with E-state index < -0.39 is 0 Å². The van der Waals surface area contributed by atoms with Crippen molar-refractivity contribution in [2.75, 3.05) is 6.54 Å². The van der Waals surface area contributed by atoms with Crippen LogP contribution in [0.3, 0.4) is 0 Å². The molecule has 0 spiro atoms. The zero-order valence-electron chi connectivity index (χ0n) is 9.20. The number of hydrogen-bond acceptors (Lipinski definition) is 4. The first-order chi connectivity index (χ1) is 8.16. The lowest BCUT2D eigenvalue weighted by atomic mass is 10.3. The van der Waals surface area contributed by atoms with Gasteiger partial charge in [-0.15, -0.1) is 11.3 Å². The van der Waals surface area contributed by atoms with Crippen LogP contribution in [-0.4, -0.2) is 16.8 Å². The van der Waals surface area contributed by atoms with Crippen LogP contribution in [-0.2, 0) is 6.42 Å². The molecule has 0 saturated heterocycles. The largest absolute Gasteiger partial charge is 0.352 e. The van der Waals surface area contributed by atoms with E-state index in [0.29, 0.717) is 6.54 Å². The highest BCUT2D eigenvalue weighted by molar-refractivity contribution is 9.11. The predicted molar refractivity (Wildman–Crippen MR) is 74.9 cm³/mol. The number of nitrogens with zero attached hydrogens (tertiary/aromatic N) is 1. The zero-order valence-corrected chi connectivity index (χ0v) is 12.4. The Labute approximate surface area is 116 Å². The summed E-state index contributed by atoms with van der Waals surface area (Å²) < 4.78 is 4.91. The summed E-state index contributed by atoms with van der Waals surface area (Å²) >= 11 is 6.44. The fourth-order valence-corrected chi connectivity index (χ4v) is 3.76. The molecule has 90 valence electrons. The maximum absolute atomic E-state index is 11.9. The standard InChI is InChI=1S/C11H11BrN2OS2/c1-7-6-9(10(12)16-7)11(15)13-4-2-8-3-5-14-17-8/h3,5-6H,2,4H2,1H3,(H,13,15). The van der Waals surface area contributed by atoms with Crippen LogP contribution in [0.4, 0.5) is 0 Å². The molecule has 2 rings (SSSR count). The van der Waals surface area contributed by atoms with Gasteiger partial charge in [0.15, 0.2) is 0 Å². The Morgan fingerprint density at radius 2 is 2.41 bits per heavy atom. The molecule has 2 heterocycles. The smallest absolute Gasteiger partial charge is 0.253 e. The van der Waals surface area contributed by atoms with E-state index in [0.717, 1.165) is 20.6 Å². The molecule has 0 atom stereocenters. The number of aryl methyl sites for hydroxylation is 1. The topological polar surface area (TPSA) is 42.0 Å². The molecule has 0 radical (unpaired) electrons. The lowest BCUT2D eigenvalue weighted by Crippen LogP contribution is -2.25. The molecule has 0 unspecified atom stereocenters. The summed E-state index contributed by atoms with van der Waals surface area (Å²) in [5, 5.41) is 2.91. The van der Waals surface area contributed by atoms with Gasteiger partial charge in [0.05, 0.1) is 9.35 Å². The Bertz CT molecular complexity index is 508. The van der Waals surface area contributed by atoms with Gasteiger partial charge in [0, 0.05) is 28.9 Å².